The van der Waals surface area contributed by atoms with Gasteiger partial charge in [-0.15, -0.1) is 11.3 Å². The van der Waals surface area contributed by atoms with E-state index in [1.807, 2.05) is 13.8 Å². The number of aromatic nitrogens is 4. The molecule has 0 radical (unpaired) electrons. The highest BCUT2D eigenvalue weighted by atomic mass is 32.1. The Morgan fingerprint density at radius 3 is 2.91 bits per heavy atom. The fourth-order valence-electron chi connectivity index (χ4n) is 3.83. The average molecular weight is 458 g/mol. The molecule has 9 nitrogen and oxygen atoms in total. The summed E-state index contributed by atoms with van der Waals surface area (Å²) < 4.78 is 14.2. The SMILES string of the molecule is Cc1nc2nc(N[C@@H](C)c3cncc(F)c3)nc(C(=O)N3CC[C@H](CCC(N)=O)C3)c2s1. The molecule has 4 heterocycles. The smallest absolute Gasteiger partial charge is 0.274 e. The zero-order chi connectivity index (χ0) is 22.8. The van der Waals surface area contributed by atoms with E-state index >= 15 is 0 Å². The van der Waals surface area contributed by atoms with Gasteiger partial charge in [0.25, 0.3) is 5.91 Å². The zero-order valence-corrected chi connectivity index (χ0v) is 18.7. The molecule has 3 N–H and O–H groups in total. The fraction of sp³-hybridized carbons (Fsp3) is 0.429. The number of thiazole rings is 1. The van der Waals surface area contributed by atoms with E-state index in [9.17, 15) is 14.0 Å². The van der Waals surface area contributed by atoms with Gasteiger partial charge in [-0.2, -0.15) is 4.98 Å². The maximum Gasteiger partial charge on any atom is 0.274 e. The van der Waals surface area contributed by atoms with Crippen LogP contribution in [-0.4, -0.2) is 49.7 Å². The quantitative estimate of drug-likeness (QED) is 0.558. The number of amides is 2. The van der Waals surface area contributed by atoms with Gasteiger partial charge in [-0.1, -0.05) is 0 Å². The van der Waals surface area contributed by atoms with Crippen molar-refractivity contribution in [1.82, 2.24) is 24.8 Å². The molecule has 4 rings (SSSR count). The molecule has 0 aliphatic carbocycles. The molecule has 0 saturated carbocycles. The summed E-state index contributed by atoms with van der Waals surface area (Å²) in [7, 11) is 0. The van der Waals surface area contributed by atoms with Crippen molar-refractivity contribution < 1.29 is 14.0 Å². The van der Waals surface area contributed by atoms with Crippen molar-refractivity contribution >= 4 is 39.4 Å². The lowest BCUT2D eigenvalue weighted by molar-refractivity contribution is -0.118. The Balaban J connectivity index is 1.58. The monoisotopic (exact) mass is 457 g/mol. The van der Waals surface area contributed by atoms with Crippen LogP contribution in [0.5, 0.6) is 0 Å². The second-order valence-electron chi connectivity index (χ2n) is 7.99. The molecule has 2 amide bonds. The number of anilines is 1. The van der Waals surface area contributed by atoms with E-state index in [1.165, 1.54) is 17.4 Å². The summed E-state index contributed by atoms with van der Waals surface area (Å²) in [5.41, 5.74) is 6.63. The molecule has 1 saturated heterocycles. The van der Waals surface area contributed by atoms with E-state index in [4.69, 9.17) is 5.73 Å². The molecule has 11 heteroatoms. The van der Waals surface area contributed by atoms with Gasteiger partial charge in [0.2, 0.25) is 11.9 Å². The molecule has 0 bridgehead atoms. The Labute approximate surface area is 188 Å². The summed E-state index contributed by atoms with van der Waals surface area (Å²) in [5, 5.41) is 3.91. The van der Waals surface area contributed by atoms with Crippen molar-refractivity contribution in [2.45, 2.75) is 39.2 Å². The van der Waals surface area contributed by atoms with E-state index in [0.29, 0.717) is 47.5 Å². The lowest BCUT2D eigenvalue weighted by Crippen LogP contribution is -2.30. The van der Waals surface area contributed by atoms with Crippen molar-refractivity contribution in [2.24, 2.45) is 11.7 Å². The van der Waals surface area contributed by atoms with Crippen LogP contribution in [0.15, 0.2) is 18.5 Å². The Morgan fingerprint density at radius 1 is 1.34 bits per heavy atom. The molecule has 2 atom stereocenters. The predicted octanol–water partition coefficient (Wildman–Crippen LogP) is 2.83. The summed E-state index contributed by atoms with van der Waals surface area (Å²) >= 11 is 1.37. The largest absolute Gasteiger partial charge is 0.370 e. The highest BCUT2D eigenvalue weighted by molar-refractivity contribution is 7.18. The van der Waals surface area contributed by atoms with Gasteiger partial charge >= 0.3 is 0 Å². The van der Waals surface area contributed by atoms with Crippen molar-refractivity contribution in [3.8, 4) is 0 Å². The minimum absolute atomic E-state index is 0.189. The number of fused-ring (bicyclic) bond motifs is 1. The zero-order valence-electron chi connectivity index (χ0n) is 17.8. The molecule has 3 aromatic heterocycles. The highest BCUT2D eigenvalue weighted by Gasteiger charge is 2.30. The first-order valence-electron chi connectivity index (χ1n) is 10.4. The number of nitrogens with two attached hydrogens (primary N) is 1. The number of carbonyl (C=O) groups is 2. The normalized spacial score (nSPS) is 17.0. The molecule has 1 aliphatic heterocycles. The van der Waals surface area contributed by atoms with Gasteiger partial charge in [0, 0.05) is 25.7 Å². The summed E-state index contributed by atoms with van der Waals surface area (Å²) in [4.78, 5) is 43.5. The Morgan fingerprint density at radius 2 is 2.16 bits per heavy atom. The lowest BCUT2D eigenvalue weighted by atomic mass is 10.0. The van der Waals surface area contributed by atoms with Crippen molar-refractivity contribution in [2.75, 3.05) is 18.4 Å². The third-order valence-electron chi connectivity index (χ3n) is 5.51. The Bertz CT molecular complexity index is 1170. The molecule has 1 fully saturated rings. The van der Waals surface area contributed by atoms with E-state index < -0.39 is 5.82 Å². The highest BCUT2D eigenvalue weighted by Crippen LogP contribution is 2.29. The molecule has 3 aromatic rings. The van der Waals surface area contributed by atoms with Crippen molar-refractivity contribution in [3.05, 3.63) is 40.5 Å². The molecule has 168 valence electrons. The van der Waals surface area contributed by atoms with Gasteiger partial charge in [0.1, 0.15) is 10.5 Å². The third-order valence-corrected chi connectivity index (χ3v) is 6.47. The number of rotatable bonds is 7. The molecular formula is C21H24FN7O2S. The maximum absolute atomic E-state index is 13.5. The first kappa shape index (κ1) is 22.0. The summed E-state index contributed by atoms with van der Waals surface area (Å²) in [6, 6.07) is 1.06. The molecule has 32 heavy (non-hydrogen) atoms. The van der Waals surface area contributed by atoms with Gasteiger partial charge < -0.3 is 16.0 Å². The van der Waals surface area contributed by atoms with Crippen LogP contribution in [-0.2, 0) is 4.79 Å². The number of hydrogen-bond donors (Lipinski definition) is 2. The second kappa shape index (κ2) is 9.11. The van der Waals surface area contributed by atoms with Crippen LogP contribution in [0.25, 0.3) is 10.3 Å². The standard InChI is InChI=1S/C21H24FN7O2S/c1-11(14-7-15(22)9-24-8-14)25-21-27-17(18-19(28-21)26-12(2)32-18)20(31)29-6-5-13(10-29)3-4-16(23)30/h7-9,11,13H,3-6,10H2,1-2H3,(H2,23,30)(H,25,27,28)/t11-,13-/m0/s1. The summed E-state index contributed by atoms with van der Waals surface area (Å²) in [6.07, 6.45) is 4.52. The number of nitrogens with zero attached hydrogens (tertiary/aromatic N) is 5. The lowest BCUT2D eigenvalue weighted by Gasteiger charge is -2.18. The number of primary amides is 1. The third kappa shape index (κ3) is 4.82. The average Bonchev–Trinajstić information content (AvgIpc) is 3.37. The number of halogens is 1. The first-order valence-corrected chi connectivity index (χ1v) is 11.2. The number of aryl methyl sites for hydroxylation is 1. The maximum atomic E-state index is 13.5. The summed E-state index contributed by atoms with van der Waals surface area (Å²) in [5.74, 6) is -0.465. The van der Waals surface area contributed by atoms with Crippen LogP contribution < -0.4 is 11.1 Å². The number of likely N-dealkylation sites (tertiary alicyclic amines) is 1. The molecule has 0 unspecified atom stereocenters. The van der Waals surface area contributed by atoms with E-state index in [2.05, 4.69) is 25.3 Å². The number of hydrogen-bond acceptors (Lipinski definition) is 8. The summed E-state index contributed by atoms with van der Waals surface area (Å²) in [6.45, 7) is 4.84. The Kier molecular flexibility index (Phi) is 6.26. The topological polar surface area (TPSA) is 127 Å². The van der Waals surface area contributed by atoms with E-state index in [-0.39, 0.29) is 29.7 Å². The van der Waals surface area contributed by atoms with Crippen molar-refractivity contribution in [1.29, 1.82) is 0 Å². The van der Waals surface area contributed by atoms with Crippen LogP contribution in [0.3, 0.4) is 0 Å². The number of carbonyl (C=O) groups excluding carboxylic acids is 2. The van der Waals surface area contributed by atoms with Gasteiger partial charge in [0.15, 0.2) is 11.3 Å². The van der Waals surface area contributed by atoms with Crippen LogP contribution >= 0.6 is 11.3 Å². The molecule has 1 aliphatic rings. The van der Waals surface area contributed by atoms with E-state index in [0.717, 1.165) is 17.6 Å². The van der Waals surface area contributed by atoms with Crippen LogP contribution in [0.1, 0.15) is 53.3 Å². The minimum Gasteiger partial charge on any atom is -0.370 e. The van der Waals surface area contributed by atoms with Gasteiger partial charge in [-0.05, 0) is 44.2 Å². The van der Waals surface area contributed by atoms with Crippen molar-refractivity contribution in [3.63, 3.8) is 0 Å². The molecule has 0 spiro atoms. The molecular weight excluding hydrogens is 433 g/mol. The van der Waals surface area contributed by atoms with Crippen LogP contribution in [0.4, 0.5) is 10.3 Å². The van der Waals surface area contributed by atoms with E-state index in [1.54, 1.807) is 11.1 Å². The predicted molar refractivity (Wildman–Crippen MR) is 119 cm³/mol. The Hall–Kier alpha value is -3.21. The van der Waals surface area contributed by atoms with Gasteiger partial charge in [-0.3, -0.25) is 14.6 Å². The van der Waals surface area contributed by atoms with Gasteiger partial charge in [0.05, 0.1) is 17.2 Å². The fourth-order valence-corrected chi connectivity index (χ4v) is 4.67. The first-order chi connectivity index (χ1) is 15.3. The van der Waals surface area contributed by atoms with Crippen LogP contribution in [0.2, 0.25) is 0 Å². The number of nitrogens with one attached hydrogen (secondary N) is 1. The number of pyridine rings is 1. The minimum atomic E-state index is -0.432. The second-order valence-corrected chi connectivity index (χ2v) is 9.20. The van der Waals surface area contributed by atoms with Crippen LogP contribution in [0, 0.1) is 18.7 Å². The van der Waals surface area contributed by atoms with Gasteiger partial charge in [-0.25, -0.2) is 14.4 Å². The molecule has 0 aromatic carbocycles.